The average molecular weight is 447 g/mol. The van der Waals surface area contributed by atoms with Crippen molar-refractivity contribution in [2.75, 3.05) is 7.05 Å². The molecule has 0 aliphatic carbocycles. The van der Waals surface area contributed by atoms with E-state index in [9.17, 15) is 0 Å². The second-order valence-electron chi connectivity index (χ2n) is 5.39. The summed E-state index contributed by atoms with van der Waals surface area (Å²) in [6.45, 7) is 1.41. The van der Waals surface area contributed by atoms with Crippen molar-refractivity contribution in [1.29, 1.82) is 0 Å². The lowest BCUT2D eigenvalue weighted by atomic mass is 10.2. The molecule has 25 heavy (non-hydrogen) atoms. The Bertz CT molecular complexity index is 784. The van der Waals surface area contributed by atoms with Gasteiger partial charge in [-0.15, -0.1) is 24.0 Å². The zero-order chi connectivity index (χ0) is 16.6. The number of guanidine groups is 1. The van der Waals surface area contributed by atoms with Crippen LogP contribution in [-0.4, -0.2) is 22.8 Å². The van der Waals surface area contributed by atoms with E-state index in [2.05, 4.69) is 32.9 Å². The maximum absolute atomic E-state index is 4.40. The molecule has 0 atom stereocenters. The Hall–Kier alpha value is -2.35. The van der Waals surface area contributed by atoms with Crippen molar-refractivity contribution < 1.29 is 0 Å². The van der Waals surface area contributed by atoms with Crippen LogP contribution in [0.25, 0.3) is 5.69 Å². The largest absolute Gasteiger partial charge is 0.352 e. The van der Waals surface area contributed by atoms with E-state index in [0.29, 0.717) is 6.54 Å². The highest BCUT2D eigenvalue weighted by atomic mass is 127. The molecule has 0 unspecified atom stereocenters. The molecular formula is C19H22IN5. The van der Waals surface area contributed by atoms with Crippen LogP contribution in [-0.2, 0) is 13.1 Å². The van der Waals surface area contributed by atoms with Crippen molar-refractivity contribution in [3.63, 3.8) is 0 Å². The third-order valence-electron chi connectivity index (χ3n) is 3.64. The van der Waals surface area contributed by atoms with Crippen LogP contribution >= 0.6 is 24.0 Å². The highest BCUT2D eigenvalue weighted by Crippen LogP contribution is 2.07. The fourth-order valence-corrected chi connectivity index (χ4v) is 2.36. The standard InChI is InChI=1S/C19H21N5.HI/c1-20-19(21-12-16-8-4-2-5-9-16)22-13-17-14-23-24(15-17)18-10-6-3-7-11-18;/h2-11,14-15H,12-13H2,1H3,(H2,20,21,22);1H. The van der Waals surface area contributed by atoms with Crippen molar-refractivity contribution in [2.24, 2.45) is 4.99 Å². The Morgan fingerprint density at radius 1 is 0.920 bits per heavy atom. The van der Waals surface area contributed by atoms with Crippen LogP contribution in [0.5, 0.6) is 0 Å². The maximum Gasteiger partial charge on any atom is 0.191 e. The molecule has 130 valence electrons. The Morgan fingerprint density at radius 3 is 2.16 bits per heavy atom. The molecule has 3 aromatic rings. The average Bonchev–Trinajstić information content (AvgIpc) is 3.12. The molecule has 0 fully saturated rings. The van der Waals surface area contributed by atoms with E-state index in [4.69, 9.17) is 0 Å². The molecule has 6 heteroatoms. The Labute approximate surface area is 165 Å². The number of benzene rings is 2. The van der Waals surface area contributed by atoms with Gasteiger partial charge in [-0.1, -0.05) is 48.5 Å². The molecule has 3 rings (SSSR count). The van der Waals surface area contributed by atoms with Crippen LogP contribution in [0.2, 0.25) is 0 Å². The van der Waals surface area contributed by atoms with E-state index in [1.807, 2.05) is 65.6 Å². The first-order valence-corrected chi connectivity index (χ1v) is 7.92. The quantitative estimate of drug-likeness (QED) is 0.359. The maximum atomic E-state index is 4.40. The minimum Gasteiger partial charge on any atom is -0.352 e. The topological polar surface area (TPSA) is 54.2 Å². The zero-order valence-corrected chi connectivity index (χ0v) is 16.4. The minimum atomic E-state index is 0. The second kappa shape index (κ2) is 9.83. The van der Waals surface area contributed by atoms with E-state index in [1.54, 1.807) is 7.05 Å². The SMILES string of the molecule is CN=C(NCc1ccccc1)NCc1cnn(-c2ccccc2)c1.I. The van der Waals surface area contributed by atoms with Crippen LogP contribution in [0.4, 0.5) is 0 Å². The summed E-state index contributed by atoms with van der Waals surface area (Å²) in [5.74, 6) is 0.770. The third kappa shape index (κ3) is 5.60. The number of rotatable bonds is 5. The Morgan fingerprint density at radius 2 is 1.52 bits per heavy atom. The minimum absolute atomic E-state index is 0. The number of hydrogen-bond donors (Lipinski definition) is 2. The first kappa shape index (κ1) is 19.0. The van der Waals surface area contributed by atoms with Gasteiger partial charge in [0.1, 0.15) is 0 Å². The van der Waals surface area contributed by atoms with Gasteiger partial charge >= 0.3 is 0 Å². The lowest BCUT2D eigenvalue weighted by Gasteiger charge is -2.11. The fourth-order valence-electron chi connectivity index (χ4n) is 2.36. The normalized spacial score (nSPS) is 10.8. The number of nitrogens with one attached hydrogen (secondary N) is 2. The Balaban J connectivity index is 0.00000225. The van der Waals surface area contributed by atoms with Gasteiger partial charge in [-0.05, 0) is 17.7 Å². The van der Waals surface area contributed by atoms with Crippen LogP contribution < -0.4 is 10.6 Å². The smallest absolute Gasteiger partial charge is 0.191 e. The number of nitrogens with zero attached hydrogens (tertiary/aromatic N) is 3. The van der Waals surface area contributed by atoms with Gasteiger partial charge < -0.3 is 10.6 Å². The van der Waals surface area contributed by atoms with Gasteiger partial charge in [-0.25, -0.2) is 4.68 Å². The lowest BCUT2D eigenvalue weighted by Crippen LogP contribution is -2.36. The van der Waals surface area contributed by atoms with Crippen LogP contribution in [0.1, 0.15) is 11.1 Å². The first-order chi connectivity index (χ1) is 11.8. The highest BCUT2D eigenvalue weighted by Gasteiger charge is 2.02. The van der Waals surface area contributed by atoms with Gasteiger partial charge in [-0.3, -0.25) is 4.99 Å². The number of aromatic nitrogens is 2. The van der Waals surface area contributed by atoms with Gasteiger partial charge in [0.05, 0.1) is 11.9 Å². The van der Waals surface area contributed by atoms with Crippen molar-refractivity contribution in [3.05, 3.63) is 84.2 Å². The number of para-hydroxylation sites is 1. The molecule has 0 bridgehead atoms. The van der Waals surface area contributed by atoms with Crippen molar-refractivity contribution >= 4 is 29.9 Å². The number of halogens is 1. The molecule has 0 amide bonds. The van der Waals surface area contributed by atoms with E-state index >= 15 is 0 Å². The summed E-state index contributed by atoms with van der Waals surface area (Å²) in [4.78, 5) is 4.25. The van der Waals surface area contributed by atoms with Gasteiger partial charge in [0, 0.05) is 31.9 Å². The molecule has 0 radical (unpaired) electrons. The van der Waals surface area contributed by atoms with Gasteiger partial charge in [0.15, 0.2) is 5.96 Å². The number of aliphatic imine (C=N–C) groups is 1. The van der Waals surface area contributed by atoms with E-state index in [-0.39, 0.29) is 24.0 Å². The predicted molar refractivity (Wildman–Crippen MR) is 112 cm³/mol. The monoisotopic (exact) mass is 447 g/mol. The molecule has 1 aromatic heterocycles. The molecule has 1 heterocycles. The van der Waals surface area contributed by atoms with E-state index in [1.165, 1.54) is 5.56 Å². The van der Waals surface area contributed by atoms with Gasteiger partial charge in [-0.2, -0.15) is 5.10 Å². The summed E-state index contributed by atoms with van der Waals surface area (Å²) >= 11 is 0. The fraction of sp³-hybridized carbons (Fsp3) is 0.158. The molecule has 0 saturated carbocycles. The van der Waals surface area contributed by atoms with Crippen molar-refractivity contribution in [3.8, 4) is 5.69 Å². The van der Waals surface area contributed by atoms with Crippen LogP contribution in [0.3, 0.4) is 0 Å². The summed E-state index contributed by atoms with van der Waals surface area (Å²) in [7, 11) is 1.77. The Kier molecular flexibility index (Phi) is 7.46. The zero-order valence-electron chi connectivity index (χ0n) is 14.1. The molecule has 0 aliphatic rings. The molecule has 0 aliphatic heterocycles. The molecule has 0 spiro atoms. The highest BCUT2D eigenvalue weighted by molar-refractivity contribution is 14.0. The van der Waals surface area contributed by atoms with Crippen LogP contribution in [0.15, 0.2) is 78.0 Å². The van der Waals surface area contributed by atoms with Crippen molar-refractivity contribution in [1.82, 2.24) is 20.4 Å². The summed E-state index contributed by atoms with van der Waals surface area (Å²) < 4.78 is 1.87. The summed E-state index contributed by atoms with van der Waals surface area (Å²) in [5, 5.41) is 11.0. The van der Waals surface area contributed by atoms with Gasteiger partial charge in [0.25, 0.3) is 0 Å². The molecule has 2 aromatic carbocycles. The van der Waals surface area contributed by atoms with E-state index in [0.717, 1.165) is 23.8 Å². The second-order valence-corrected chi connectivity index (χ2v) is 5.39. The molecule has 2 N–H and O–H groups in total. The van der Waals surface area contributed by atoms with Gasteiger partial charge in [0.2, 0.25) is 0 Å². The molecular weight excluding hydrogens is 425 g/mol. The van der Waals surface area contributed by atoms with Crippen LogP contribution in [0, 0.1) is 0 Å². The number of hydrogen-bond acceptors (Lipinski definition) is 2. The third-order valence-corrected chi connectivity index (χ3v) is 3.64. The molecule has 0 saturated heterocycles. The first-order valence-electron chi connectivity index (χ1n) is 7.92. The van der Waals surface area contributed by atoms with E-state index < -0.39 is 0 Å². The summed E-state index contributed by atoms with van der Waals surface area (Å²) in [6.07, 6.45) is 3.89. The summed E-state index contributed by atoms with van der Waals surface area (Å²) in [6, 6.07) is 20.3. The molecule has 5 nitrogen and oxygen atoms in total. The van der Waals surface area contributed by atoms with Crippen molar-refractivity contribution in [2.45, 2.75) is 13.1 Å². The summed E-state index contributed by atoms with van der Waals surface area (Å²) in [5.41, 5.74) is 3.37. The predicted octanol–water partition coefficient (Wildman–Crippen LogP) is 3.36. The lowest BCUT2D eigenvalue weighted by molar-refractivity contribution is 0.808.